The molecule has 4 nitrogen and oxygen atoms in total. The Morgan fingerprint density at radius 2 is 1.76 bits per heavy atom. The van der Waals surface area contributed by atoms with Gasteiger partial charge in [-0.3, -0.25) is 0 Å². The number of rotatable bonds is 5. The normalized spacial score (nSPS) is 14.2. The van der Waals surface area contributed by atoms with Crippen LogP contribution in [0.1, 0.15) is 56.4 Å². The van der Waals surface area contributed by atoms with E-state index < -0.39 is 0 Å². The molecule has 0 radical (unpaired) electrons. The van der Waals surface area contributed by atoms with Crippen molar-refractivity contribution in [2.45, 2.75) is 59.3 Å². The molecule has 0 N–H and O–H groups in total. The lowest BCUT2D eigenvalue weighted by Crippen LogP contribution is -2.25. The van der Waals surface area contributed by atoms with E-state index in [0.717, 1.165) is 54.9 Å². The average Bonchev–Trinajstić information content (AvgIpc) is 3.00. The Labute approximate surface area is 153 Å². The summed E-state index contributed by atoms with van der Waals surface area (Å²) in [6.07, 6.45) is 8.89. The second-order valence-corrected chi connectivity index (χ2v) is 8.00. The first-order valence-corrected chi connectivity index (χ1v) is 10.4. The highest BCUT2D eigenvalue weighted by Gasteiger charge is 2.23. The van der Waals surface area contributed by atoms with Gasteiger partial charge in [0.25, 0.3) is 0 Å². The Morgan fingerprint density at radius 3 is 2.48 bits per heavy atom. The van der Waals surface area contributed by atoms with Gasteiger partial charge in [0.1, 0.15) is 17.0 Å². The van der Waals surface area contributed by atoms with Crippen LogP contribution in [0.3, 0.4) is 0 Å². The number of hydrogen-bond donors (Lipinski definition) is 0. The lowest BCUT2D eigenvalue weighted by atomic mass is 9.89. The summed E-state index contributed by atoms with van der Waals surface area (Å²) in [5.74, 6) is 1.10. The zero-order chi connectivity index (χ0) is 17.4. The van der Waals surface area contributed by atoms with Crippen molar-refractivity contribution in [2.75, 3.05) is 18.0 Å². The quantitative estimate of drug-likeness (QED) is 0.643. The molecule has 0 atom stereocenters. The van der Waals surface area contributed by atoms with Crippen molar-refractivity contribution >= 4 is 37.6 Å². The highest BCUT2D eigenvalue weighted by Crippen LogP contribution is 2.41. The van der Waals surface area contributed by atoms with Gasteiger partial charge in [-0.1, -0.05) is 13.8 Å². The topological polar surface area (TPSA) is 41.9 Å². The van der Waals surface area contributed by atoms with Crippen molar-refractivity contribution in [3.8, 4) is 0 Å². The van der Waals surface area contributed by atoms with Crippen LogP contribution in [0.5, 0.6) is 0 Å². The molecule has 4 rings (SSSR count). The number of aromatic nitrogens is 3. The van der Waals surface area contributed by atoms with Crippen molar-refractivity contribution in [2.24, 2.45) is 0 Å². The Bertz CT molecular complexity index is 909. The van der Waals surface area contributed by atoms with Gasteiger partial charge in [-0.25, -0.2) is 15.0 Å². The molecule has 0 saturated heterocycles. The minimum atomic E-state index is 1.04. The largest absolute Gasteiger partial charge is 0.355 e. The van der Waals surface area contributed by atoms with Gasteiger partial charge in [0, 0.05) is 24.2 Å². The molecule has 3 aromatic heterocycles. The number of pyridine rings is 1. The van der Waals surface area contributed by atoms with Gasteiger partial charge in [-0.15, -0.1) is 11.3 Å². The Morgan fingerprint density at radius 1 is 1.04 bits per heavy atom. The van der Waals surface area contributed by atoms with Crippen molar-refractivity contribution in [1.82, 2.24) is 15.0 Å². The van der Waals surface area contributed by atoms with Crippen molar-refractivity contribution < 1.29 is 0 Å². The Balaban J connectivity index is 1.98. The summed E-state index contributed by atoms with van der Waals surface area (Å²) in [6.45, 7) is 8.71. The van der Waals surface area contributed by atoms with Crippen molar-refractivity contribution in [3.63, 3.8) is 0 Å². The number of fused-ring (bicyclic) bond motifs is 5. The van der Waals surface area contributed by atoms with E-state index in [1.54, 1.807) is 17.7 Å². The van der Waals surface area contributed by atoms with Gasteiger partial charge in [-0.05, 0) is 56.6 Å². The van der Waals surface area contributed by atoms with Gasteiger partial charge in [0.15, 0.2) is 0 Å². The number of hydrogen-bond acceptors (Lipinski definition) is 5. The van der Waals surface area contributed by atoms with E-state index in [0.29, 0.717) is 0 Å². The highest BCUT2D eigenvalue weighted by atomic mass is 32.1. The molecule has 3 aromatic rings. The lowest BCUT2D eigenvalue weighted by molar-refractivity contribution is 0.683. The first kappa shape index (κ1) is 16.7. The average molecular weight is 355 g/mol. The zero-order valence-electron chi connectivity index (χ0n) is 15.4. The van der Waals surface area contributed by atoms with Crippen LogP contribution in [0.4, 0.5) is 5.82 Å². The summed E-state index contributed by atoms with van der Waals surface area (Å²) in [5.41, 5.74) is 5.30. The standard InChI is InChI=1S/C20H26N4S/c1-4-10-24(11-5-2)19-18-17(21-12-22-19)16-15-9-7-6-8-14(15)13(3)23-20(16)25-18/h12H,4-11H2,1-3H3. The molecule has 1 aliphatic rings. The fraction of sp³-hybridized carbons (Fsp3) is 0.550. The van der Waals surface area contributed by atoms with Crippen LogP contribution in [-0.4, -0.2) is 28.0 Å². The van der Waals surface area contributed by atoms with E-state index in [2.05, 4.69) is 30.7 Å². The molecule has 3 heterocycles. The molecule has 0 bridgehead atoms. The molecule has 25 heavy (non-hydrogen) atoms. The molecule has 5 heteroatoms. The van der Waals surface area contributed by atoms with Gasteiger partial charge < -0.3 is 4.90 Å². The molecule has 132 valence electrons. The molecular weight excluding hydrogens is 328 g/mol. The maximum Gasteiger partial charge on any atom is 0.150 e. The van der Waals surface area contributed by atoms with Gasteiger partial charge in [-0.2, -0.15) is 0 Å². The van der Waals surface area contributed by atoms with Gasteiger partial charge in [0.2, 0.25) is 0 Å². The third-order valence-corrected chi connectivity index (χ3v) is 6.27. The number of nitrogens with zero attached hydrogens (tertiary/aromatic N) is 4. The summed E-state index contributed by atoms with van der Waals surface area (Å²) in [6, 6.07) is 0. The van der Waals surface area contributed by atoms with Crippen LogP contribution in [0.25, 0.3) is 20.4 Å². The van der Waals surface area contributed by atoms with E-state index in [4.69, 9.17) is 9.97 Å². The third kappa shape index (κ3) is 2.78. The summed E-state index contributed by atoms with van der Waals surface area (Å²) in [4.78, 5) is 17.9. The van der Waals surface area contributed by atoms with Crippen LogP contribution in [0, 0.1) is 6.92 Å². The maximum absolute atomic E-state index is 4.95. The summed E-state index contributed by atoms with van der Waals surface area (Å²) < 4.78 is 1.21. The molecule has 0 saturated carbocycles. The minimum absolute atomic E-state index is 1.04. The number of anilines is 1. The van der Waals surface area contributed by atoms with E-state index in [1.165, 1.54) is 39.7 Å². The summed E-state index contributed by atoms with van der Waals surface area (Å²) in [7, 11) is 0. The molecule has 0 unspecified atom stereocenters. The molecule has 0 spiro atoms. The first-order valence-electron chi connectivity index (χ1n) is 9.55. The predicted octanol–water partition coefficient (Wildman–Crippen LogP) is 5.05. The number of thiophene rings is 1. The zero-order valence-corrected chi connectivity index (χ0v) is 16.2. The van der Waals surface area contributed by atoms with E-state index in [9.17, 15) is 0 Å². The number of aryl methyl sites for hydroxylation is 2. The van der Waals surface area contributed by atoms with Crippen LogP contribution in [0.2, 0.25) is 0 Å². The van der Waals surface area contributed by atoms with Gasteiger partial charge in [0.05, 0.1) is 10.2 Å². The van der Waals surface area contributed by atoms with Crippen LogP contribution < -0.4 is 4.90 Å². The second kappa shape index (κ2) is 6.87. The van der Waals surface area contributed by atoms with Crippen molar-refractivity contribution in [1.29, 1.82) is 0 Å². The SMILES string of the molecule is CCCN(CCC)c1ncnc2c1sc1nc(C)c3c(c12)CCCC3. The fourth-order valence-electron chi connectivity index (χ4n) is 4.13. The molecule has 0 aromatic carbocycles. The highest BCUT2D eigenvalue weighted by molar-refractivity contribution is 7.26. The monoisotopic (exact) mass is 354 g/mol. The van der Waals surface area contributed by atoms with Gasteiger partial charge >= 0.3 is 0 Å². The third-order valence-electron chi connectivity index (χ3n) is 5.20. The second-order valence-electron chi connectivity index (χ2n) is 7.01. The molecular formula is C20H26N4S. The van der Waals surface area contributed by atoms with Crippen LogP contribution >= 0.6 is 11.3 Å². The Kier molecular flexibility index (Phi) is 4.59. The van der Waals surface area contributed by atoms with Crippen molar-refractivity contribution in [3.05, 3.63) is 23.1 Å². The summed E-state index contributed by atoms with van der Waals surface area (Å²) >= 11 is 1.78. The van der Waals surface area contributed by atoms with Crippen LogP contribution in [-0.2, 0) is 12.8 Å². The van der Waals surface area contributed by atoms with Crippen LogP contribution in [0.15, 0.2) is 6.33 Å². The smallest absolute Gasteiger partial charge is 0.150 e. The van der Waals surface area contributed by atoms with E-state index >= 15 is 0 Å². The minimum Gasteiger partial charge on any atom is -0.355 e. The summed E-state index contributed by atoms with van der Waals surface area (Å²) in [5, 5.41) is 1.30. The predicted molar refractivity (Wildman–Crippen MR) is 107 cm³/mol. The Hall–Kier alpha value is -1.75. The maximum atomic E-state index is 4.95. The lowest BCUT2D eigenvalue weighted by Gasteiger charge is -2.22. The van der Waals surface area contributed by atoms with E-state index in [-0.39, 0.29) is 0 Å². The molecule has 0 fully saturated rings. The first-order chi connectivity index (χ1) is 12.2. The molecule has 0 aliphatic heterocycles. The molecule has 0 amide bonds. The molecule has 1 aliphatic carbocycles. The fourth-order valence-corrected chi connectivity index (χ4v) is 5.35. The van der Waals surface area contributed by atoms with E-state index in [1.807, 2.05) is 0 Å².